The van der Waals surface area contributed by atoms with Crippen LogP contribution < -0.4 is 4.90 Å². The molecule has 0 atom stereocenters. The predicted octanol–water partition coefficient (Wildman–Crippen LogP) is 4.85. The number of anilines is 1. The van der Waals surface area contributed by atoms with Gasteiger partial charge < -0.3 is 4.90 Å². The van der Waals surface area contributed by atoms with Crippen LogP contribution in [0.1, 0.15) is 16.7 Å². The molecule has 0 aliphatic carbocycles. The van der Waals surface area contributed by atoms with Gasteiger partial charge in [-0.05, 0) is 29.3 Å². The van der Waals surface area contributed by atoms with Gasteiger partial charge in [0.15, 0.2) is 0 Å². The molecule has 20 heavy (non-hydrogen) atoms. The molecule has 0 radical (unpaired) electrons. The summed E-state index contributed by atoms with van der Waals surface area (Å²) in [6.45, 7) is 0.754. The van der Waals surface area contributed by atoms with Crippen LogP contribution >= 0.6 is 31.9 Å². The van der Waals surface area contributed by atoms with Gasteiger partial charge in [0.2, 0.25) is 0 Å². The third kappa shape index (κ3) is 3.41. The summed E-state index contributed by atoms with van der Waals surface area (Å²) >= 11 is 6.97. The second-order valence-electron chi connectivity index (χ2n) is 4.54. The second kappa shape index (κ2) is 6.92. The van der Waals surface area contributed by atoms with Gasteiger partial charge in [0, 0.05) is 23.4 Å². The van der Waals surface area contributed by atoms with Crippen molar-refractivity contribution in [1.29, 1.82) is 5.26 Å². The number of nitriles is 1. The zero-order valence-corrected chi connectivity index (χ0v) is 14.3. The van der Waals surface area contributed by atoms with Crippen molar-refractivity contribution < 1.29 is 0 Å². The van der Waals surface area contributed by atoms with Gasteiger partial charge in [0.25, 0.3) is 0 Å². The van der Waals surface area contributed by atoms with E-state index in [0.717, 1.165) is 27.6 Å². The summed E-state index contributed by atoms with van der Waals surface area (Å²) in [7, 11) is 2.00. The van der Waals surface area contributed by atoms with E-state index in [1.165, 1.54) is 5.56 Å². The molecule has 2 rings (SSSR count). The van der Waals surface area contributed by atoms with E-state index < -0.39 is 0 Å². The molecule has 102 valence electrons. The normalized spacial score (nSPS) is 10.1. The number of hydrogen-bond acceptors (Lipinski definition) is 2. The molecule has 0 saturated carbocycles. The Morgan fingerprint density at radius 1 is 1.20 bits per heavy atom. The standard InChI is InChI=1S/C16H14Br2N2/c1-20(11-13-4-2-3-5-15(13)18)16-7-6-12(9-17)8-14(16)10-19/h2-8H,9,11H2,1H3. The Morgan fingerprint density at radius 2 is 1.95 bits per heavy atom. The van der Waals surface area contributed by atoms with Crippen molar-refractivity contribution in [3.05, 3.63) is 63.6 Å². The van der Waals surface area contributed by atoms with Crippen molar-refractivity contribution in [3.8, 4) is 6.07 Å². The van der Waals surface area contributed by atoms with Gasteiger partial charge in [0.1, 0.15) is 6.07 Å². The highest BCUT2D eigenvalue weighted by molar-refractivity contribution is 9.10. The zero-order valence-electron chi connectivity index (χ0n) is 11.1. The Balaban J connectivity index is 2.28. The first kappa shape index (κ1) is 15.1. The highest BCUT2D eigenvalue weighted by Crippen LogP contribution is 2.25. The maximum atomic E-state index is 9.31. The third-order valence-corrected chi connectivity index (χ3v) is 4.53. The Bertz CT molecular complexity index is 647. The lowest BCUT2D eigenvalue weighted by molar-refractivity contribution is 0.916. The van der Waals surface area contributed by atoms with Gasteiger partial charge >= 0.3 is 0 Å². The average Bonchev–Trinajstić information content (AvgIpc) is 2.48. The topological polar surface area (TPSA) is 27.0 Å². The minimum absolute atomic E-state index is 0.705. The van der Waals surface area contributed by atoms with Crippen molar-refractivity contribution in [2.75, 3.05) is 11.9 Å². The Morgan fingerprint density at radius 3 is 2.60 bits per heavy atom. The van der Waals surface area contributed by atoms with E-state index in [0.29, 0.717) is 5.56 Å². The molecule has 0 heterocycles. The largest absolute Gasteiger partial charge is 0.369 e. The van der Waals surface area contributed by atoms with Crippen LogP contribution in [-0.4, -0.2) is 7.05 Å². The fraction of sp³-hybridized carbons (Fsp3) is 0.188. The zero-order chi connectivity index (χ0) is 14.5. The maximum absolute atomic E-state index is 9.31. The van der Waals surface area contributed by atoms with Crippen molar-refractivity contribution >= 4 is 37.5 Å². The third-order valence-electron chi connectivity index (χ3n) is 3.11. The molecule has 0 aromatic heterocycles. The monoisotopic (exact) mass is 392 g/mol. The molecule has 2 aromatic rings. The van der Waals surface area contributed by atoms with Gasteiger partial charge in [-0.15, -0.1) is 0 Å². The highest BCUT2D eigenvalue weighted by Gasteiger charge is 2.10. The smallest absolute Gasteiger partial charge is 0.101 e. The van der Waals surface area contributed by atoms with E-state index in [4.69, 9.17) is 0 Å². The molecule has 0 fully saturated rings. The van der Waals surface area contributed by atoms with E-state index in [-0.39, 0.29) is 0 Å². The summed E-state index contributed by atoms with van der Waals surface area (Å²) in [5.41, 5.74) is 3.97. The summed E-state index contributed by atoms with van der Waals surface area (Å²) in [6, 6.07) is 16.4. The van der Waals surface area contributed by atoms with Crippen molar-refractivity contribution in [1.82, 2.24) is 0 Å². The number of alkyl halides is 1. The highest BCUT2D eigenvalue weighted by atomic mass is 79.9. The van der Waals surface area contributed by atoms with Gasteiger partial charge in [-0.3, -0.25) is 0 Å². The Hall–Kier alpha value is -1.31. The molecule has 0 spiro atoms. The van der Waals surface area contributed by atoms with Crippen molar-refractivity contribution in [2.24, 2.45) is 0 Å². The SMILES string of the molecule is CN(Cc1ccccc1Br)c1ccc(CBr)cc1C#N. The first-order valence-corrected chi connectivity index (χ1v) is 8.10. The van der Waals surface area contributed by atoms with Crippen LogP contribution in [0.25, 0.3) is 0 Å². The average molecular weight is 394 g/mol. The van der Waals surface area contributed by atoms with Crippen LogP contribution in [0, 0.1) is 11.3 Å². The van der Waals surface area contributed by atoms with E-state index in [2.05, 4.69) is 48.9 Å². The number of halogens is 2. The summed E-state index contributed by atoms with van der Waals surface area (Å²) < 4.78 is 1.09. The molecule has 0 N–H and O–H groups in total. The van der Waals surface area contributed by atoms with Gasteiger partial charge in [-0.1, -0.05) is 56.1 Å². The second-order valence-corrected chi connectivity index (χ2v) is 5.96. The van der Waals surface area contributed by atoms with Crippen LogP contribution in [0.2, 0.25) is 0 Å². The lowest BCUT2D eigenvalue weighted by Crippen LogP contribution is -2.18. The molecule has 0 aliphatic heterocycles. The molecular formula is C16H14Br2N2. The Labute approximate surface area is 136 Å². The van der Waals surface area contributed by atoms with Crippen LogP contribution in [0.15, 0.2) is 46.9 Å². The minimum Gasteiger partial charge on any atom is -0.369 e. The molecule has 0 bridgehead atoms. The number of nitrogens with zero attached hydrogens (tertiary/aromatic N) is 2. The van der Waals surface area contributed by atoms with E-state index in [9.17, 15) is 5.26 Å². The van der Waals surface area contributed by atoms with E-state index in [1.807, 2.05) is 43.4 Å². The summed E-state index contributed by atoms with van der Waals surface area (Å²) in [6.07, 6.45) is 0. The summed E-state index contributed by atoms with van der Waals surface area (Å²) in [5.74, 6) is 0. The van der Waals surface area contributed by atoms with E-state index >= 15 is 0 Å². The summed E-state index contributed by atoms with van der Waals surface area (Å²) in [4.78, 5) is 2.09. The van der Waals surface area contributed by atoms with Gasteiger partial charge in [-0.2, -0.15) is 5.26 Å². The summed E-state index contributed by atoms with van der Waals surface area (Å²) in [5, 5.41) is 10.1. The maximum Gasteiger partial charge on any atom is 0.101 e. The fourth-order valence-corrected chi connectivity index (χ4v) is 2.81. The predicted molar refractivity (Wildman–Crippen MR) is 90.0 cm³/mol. The van der Waals surface area contributed by atoms with Crippen LogP contribution in [0.5, 0.6) is 0 Å². The van der Waals surface area contributed by atoms with Crippen molar-refractivity contribution in [3.63, 3.8) is 0 Å². The fourth-order valence-electron chi connectivity index (χ4n) is 2.06. The van der Waals surface area contributed by atoms with Crippen molar-refractivity contribution in [2.45, 2.75) is 11.9 Å². The molecule has 2 nitrogen and oxygen atoms in total. The molecule has 0 unspecified atom stereocenters. The number of benzene rings is 2. The lowest BCUT2D eigenvalue weighted by Gasteiger charge is -2.21. The lowest BCUT2D eigenvalue weighted by atomic mass is 10.1. The molecule has 2 aromatic carbocycles. The van der Waals surface area contributed by atoms with Crippen LogP contribution in [0.3, 0.4) is 0 Å². The van der Waals surface area contributed by atoms with Crippen LogP contribution in [-0.2, 0) is 11.9 Å². The molecule has 0 amide bonds. The first-order valence-electron chi connectivity index (χ1n) is 6.19. The Kier molecular flexibility index (Phi) is 5.22. The quantitative estimate of drug-likeness (QED) is 0.694. The molecule has 0 saturated heterocycles. The first-order chi connectivity index (χ1) is 9.65. The van der Waals surface area contributed by atoms with Gasteiger partial charge in [-0.25, -0.2) is 0 Å². The minimum atomic E-state index is 0.705. The van der Waals surface area contributed by atoms with Crippen LogP contribution in [0.4, 0.5) is 5.69 Å². The molecular weight excluding hydrogens is 380 g/mol. The molecule has 0 aliphatic rings. The van der Waals surface area contributed by atoms with Gasteiger partial charge in [0.05, 0.1) is 11.3 Å². The number of rotatable bonds is 4. The van der Waals surface area contributed by atoms with E-state index in [1.54, 1.807) is 0 Å². The number of hydrogen-bond donors (Lipinski definition) is 0. The molecule has 4 heteroatoms.